The summed E-state index contributed by atoms with van der Waals surface area (Å²) in [6, 6.07) is 12.2. The van der Waals surface area contributed by atoms with E-state index in [9.17, 15) is 23.2 Å². The Kier molecular flexibility index (Phi) is 7.18. The molecule has 2 saturated heterocycles. The molecule has 1 amide bonds. The lowest BCUT2D eigenvalue weighted by Crippen LogP contribution is -2.59. The molecule has 3 aromatic rings. The highest BCUT2D eigenvalue weighted by molar-refractivity contribution is 6.07. The Morgan fingerprint density at radius 1 is 1.14 bits per heavy atom. The minimum absolute atomic E-state index is 0.0700. The molecule has 2 bridgehead atoms. The van der Waals surface area contributed by atoms with Crippen molar-refractivity contribution >= 4 is 22.8 Å². The first-order chi connectivity index (χ1) is 17.0. The van der Waals surface area contributed by atoms with Crippen molar-refractivity contribution in [3.05, 3.63) is 65.8 Å². The van der Waals surface area contributed by atoms with Gasteiger partial charge in [0.25, 0.3) is 5.91 Å². The summed E-state index contributed by atoms with van der Waals surface area (Å²) in [6.45, 7) is 1.45. The van der Waals surface area contributed by atoms with Crippen LogP contribution in [0.15, 0.2) is 55.0 Å². The summed E-state index contributed by atoms with van der Waals surface area (Å²) >= 11 is 0. The number of benzene rings is 1. The van der Waals surface area contributed by atoms with Crippen LogP contribution in [0.5, 0.6) is 0 Å². The number of rotatable bonds is 3. The zero-order valence-electron chi connectivity index (χ0n) is 19.3. The Balaban J connectivity index is 0.000000384. The Morgan fingerprint density at radius 3 is 2.39 bits per heavy atom. The molecule has 36 heavy (non-hydrogen) atoms. The molecule has 5 rings (SSSR count). The fraction of sp³-hybridized carbons (Fsp3) is 0.375. The highest BCUT2D eigenvalue weighted by atomic mass is 19.4. The Bertz CT molecular complexity index is 1250. The van der Waals surface area contributed by atoms with Crippen LogP contribution in [0.25, 0.3) is 16.6 Å². The lowest BCUT2D eigenvalue weighted by molar-refractivity contribution is -0.605. The number of nitrogens with zero attached hydrogens (tertiary/aromatic N) is 3. The van der Waals surface area contributed by atoms with E-state index in [2.05, 4.69) is 17.3 Å². The van der Waals surface area contributed by atoms with Crippen LogP contribution in [0.3, 0.4) is 0 Å². The number of carboxylic acid groups (broad SMARTS) is 1. The molecule has 192 valence electrons. The first kappa shape index (κ1) is 25.5. The van der Waals surface area contributed by atoms with Crippen LogP contribution >= 0.6 is 0 Å². The number of hydrogen-bond acceptors (Lipinski definition) is 5. The van der Waals surface area contributed by atoms with Crippen LogP contribution < -0.4 is 10.0 Å². The van der Waals surface area contributed by atoms with E-state index >= 15 is 0 Å². The summed E-state index contributed by atoms with van der Waals surface area (Å²) in [4.78, 5) is 24.5. The second-order valence-electron chi connectivity index (χ2n) is 8.81. The number of piperidine rings is 1. The minimum atomic E-state index is -5.08. The van der Waals surface area contributed by atoms with E-state index in [0.29, 0.717) is 17.6 Å². The minimum Gasteiger partial charge on any atom is -0.619 e. The number of ether oxygens (including phenoxy) is 1. The molecular formula is C24H25F3N4O5. The molecule has 2 aliphatic rings. The number of carboxylic acids is 1. The summed E-state index contributed by atoms with van der Waals surface area (Å²) in [7, 11) is 2.14. The maximum atomic E-state index is 13.2. The Hall–Kier alpha value is -3.64. The molecule has 2 fully saturated rings. The fourth-order valence-electron chi connectivity index (χ4n) is 4.64. The summed E-state index contributed by atoms with van der Waals surface area (Å²) in [6.07, 6.45) is 1.49. The number of hydrogen-bond donors (Lipinski definition) is 2. The van der Waals surface area contributed by atoms with Crippen molar-refractivity contribution in [1.82, 2.24) is 14.8 Å². The Labute approximate surface area is 204 Å². The molecular weight excluding hydrogens is 481 g/mol. The molecule has 0 radical (unpaired) electrons. The van der Waals surface area contributed by atoms with Crippen LogP contribution in [0.4, 0.5) is 13.2 Å². The summed E-state index contributed by atoms with van der Waals surface area (Å²) in [5.41, 5.74) is 2.25. The molecule has 0 saturated carbocycles. The molecule has 4 heterocycles. The van der Waals surface area contributed by atoms with Gasteiger partial charge in [-0.05, 0) is 32.0 Å². The topological polar surface area (TPSA) is 111 Å². The van der Waals surface area contributed by atoms with Crippen LogP contribution in [-0.2, 0) is 9.53 Å². The number of amides is 1. The van der Waals surface area contributed by atoms with Crippen molar-refractivity contribution in [3.63, 3.8) is 0 Å². The number of pyridine rings is 1. The molecule has 0 aliphatic carbocycles. The van der Waals surface area contributed by atoms with E-state index < -0.39 is 12.1 Å². The second-order valence-corrected chi connectivity index (χ2v) is 8.81. The zero-order valence-corrected chi connectivity index (χ0v) is 19.3. The normalized spacial score (nSPS) is 21.9. The zero-order chi connectivity index (χ0) is 26.0. The van der Waals surface area contributed by atoms with Crippen LogP contribution in [0.2, 0.25) is 0 Å². The van der Waals surface area contributed by atoms with E-state index in [1.54, 1.807) is 6.07 Å². The van der Waals surface area contributed by atoms with Crippen LogP contribution in [0, 0.1) is 5.21 Å². The SMILES string of the molecule is CN1C2COCC1CC(NC(=O)c1cn(-c3ccc[n+]([O-])c3)c3ccccc13)C2.O=C(O)C(F)(F)F. The van der Waals surface area contributed by atoms with Crippen molar-refractivity contribution in [2.24, 2.45) is 0 Å². The third-order valence-corrected chi connectivity index (χ3v) is 6.46. The lowest BCUT2D eigenvalue weighted by Gasteiger charge is -2.46. The predicted octanol–water partition coefficient (Wildman–Crippen LogP) is 2.49. The number of morpholine rings is 1. The highest BCUT2D eigenvalue weighted by Crippen LogP contribution is 2.28. The first-order valence-corrected chi connectivity index (χ1v) is 11.2. The van der Waals surface area contributed by atoms with Gasteiger partial charge < -0.3 is 24.9 Å². The van der Waals surface area contributed by atoms with Gasteiger partial charge in [0.2, 0.25) is 6.20 Å². The average molecular weight is 506 g/mol. The standard InChI is InChI=1S/C22H24N4O3.C2HF3O2/c1-24-17-9-15(10-18(24)14-29-13-17)23-22(27)20-12-26(16-5-4-8-25(28)11-16)21-7-3-2-6-19(20)21;3-2(4,5)1(6)7/h2-8,11-12,15,17-18H,9-10,13-14H2,1H3,(H,23,27);(H,6,7). The number of aromatic nitrogens is 2. The second kappa shape index (κ2) is 10.2. The van der Waals surface area contributed by atoms with Crippen molar-refractivity contribution in [2.75, 3.05) is 20.3 Å². The molecule has 2 aliphatic heterocycles. The summed E-state index contributed by atoms with van der Waals surface area (Å²) in [5.74, 6) is -2.83. The van der Waals surface area contributed by atoms with Crippen LogP contribution in [-0.4, -0.2) is 71.0 Å². The van der Waals surface area contributed by atoms with Gasteiger partial charge >= 0.3 is 12.1 Å². The molecule has 2 aromatic heterocycles. The number of halogens is 3. The van der Waals surface area contributed by atoms with Gasteiger partial charge in [-0.25, -0.2) is 4.79 Å². The molecule has 2 N–H and O–H groups in total. The lowest BCUT2D eigenvalue weighted by atomic mass is 9.90. The number of likely N-dealkylation sites (N-methyl/N-ethyl adjacent to an activating group) is 1. The number of carbonyl (C=O) groups excluding carboxylic acids is 1. The number of para-hydroxylation sites is 1. The van der Waals surface area contributed by atoms with E-state index in [1.807, 2.05) is 41.1 Å². The van der Waals surface area contributed by atoms with Crippen molar-refractivity contribution in [1.29, 1.82) is 0 Å². The molecule has 2 atom stereocenters. The quantitative estimate of drug-likeness (QED) is 0.417. The number of nitrogens with one attached hydrogen (secondary N) is 1. The number of carbonyl (C=O) groups is 2. The third kappa shape index (κ3) is 5.44. The molecule has 12 heteroatoms. The largest absolute Gasteiger partial charge is 0.619 e. The average Bonchev–Trinajstić information content (AvgIpc) is 3.19. The number of alkyl halides is 3. The third-order valence-electron chi connectivity index (χ3n) is 6.46. The molecule has 9 nitrogen and oxygen atoms in total. The van der Waals surface area contributed by atoms with Gasteiger partial charge in [-0.3, -0.25) is 9.69 Å². The summed E-state index contributed by atoms with van der Waals surface area (Å²) < 4.78 is 40.1. The smallest absolute Gasteiger partial charge is 0.490 e. The molecule has 1 aromatic carbocycles. The monoisotopic (exact) mass is 506 g/mol. The van der Waals surface area contributed by atoms with Gasteiger partial charge in [-0.2, -0.15) is 17.9 Å². The van der Waals surface area contributed by atoms with Crippen LogP contribution in [0.1, 0.15) is 23.2 Å². The highest BCUT2D eigenvalue weighted by Gasteiger charge is 2.38. The van der Waals surface area contributed by atoms with Gasteiger partial charge in [-0.15, -0.1) is 0 Å². The van der Waals surface area contributed by atoms with Crippen molar-refractivity contribution < 1.29 is 37.3 Å². The maximum Gasteiger partial charge on any atom is 0.490 e. The van der Waals surface area contributed by atoms with E-state index in [4.69, 9.17) is 14.6 Å². The number of aliphatic carboxylic acids is 1. The molecule has 0 spiro atoms. The van der Waals surface area contributed by atoms with Gasteiger partial charge in [0, 0.05) is 35.8 Å². The van der Waals surface area contributed by atoms with Gasteiger partial charge in [-0.1, -0.05) is 18.2 Å². The van der Waals surface area contributed by atoms with Gasteiger partial charge in [0.05, 0.1) is 24.3 Å². The first-order valence-electron chi connectivity index (χ1n) is 11.2. The van der Waals surface area contributed by atoms with Crippen molar-refractivity contribution in [3.8, 4) is 5.69 Å². The predicted molar refractivity (Wildman–Crippen MR) is 123 cm³/mol. The fourth-order valence-corrected chi connectivity index (χ4v) is 4.64. The summed E-state index contributed by atoms with van der Waals surface area (Å²) in [5, 5.41) is 23.0. The maximum absolute atomic E-state index is 13.2. The van der Waals surface area contributed by atoms with Crippen molar-refractivity contribution in [2.45, 2.75) is 37.1 Å². The number of fused-ring (bicyclic) bond motifs is 3. The van der Waals surface area contributed by atoms with Gasteiger partial charge in [0.1, 0.15) is 5.69 Å². The van der Waals surface area contributed by atoms with E-state index in [1.165, 1.54) is 12.4 Å². The van der Waals surface area contributed by atoms with E-state index in [0.717, 1.165) is 47.4 Å². The van der Waals surface area contributed by atoms with E-state index in [-0.39, 0.29) is 11.9 Å². The Morgan fingerprint density at radius 2 is 1.78 bits per heavy atom. The van der Waals surface area contributed by atoms with Gasteiger partial charge in [0.15, 0.2) is 6.20 Å². The molecule has 2 unspecified atom stereocenters.